The Morgan fingerprint density at radius 1 is 1.07 bits per heavy atom. The van der Waals surface area contributed by atoms with Crippen LogP contribution in [0.25, 0.3) is 5.57 Å². The number of rotatable bonds is 6. The maximum Gasteiger partial charge on any atom is 0.278 e. The summed E-state index contributed by atoms with van der Waals surface area (Å²) in [5.41, 5.74) is 2.15. The van der Waals surface area contributed by atoms with Gasteiger partial charge in [0.1, 0.15) is 11.4 Å². The molecular formula is C21H20ClN3O4. The van der Waals surface area contributed by atoms with Crippen molar-refractivity contribution in [1.82, 2.24) is 4.90 Å². The van der Waals surface area contributed by atoms with Gasteiger partial charge in [-0.05, 0) is 42.8 Å². The van der Waals surface area contributed by atoms with Crippen LogP contribution in [0.4, 0.5) is 11.4 Å². The van der Waals surface area contributed by atoms with Crippen molar-refractivity contribution in [1.29, 1.82) is 0 Å². The molecule has 2 aromatic rings. The smallest absolute Gasteiger partial charge is 0.278 e. The molecule has 0 saturated heterocycles. The summed E-state index contributed by atoms with van der Waals surface area (Å²) >= 11 is 6.17. The Morgan fingerprint density at radius 2 is 1.72 bits per heavy atom. The third kappa shape index (κ3) is 4.09. The number of nitrogens with zero attached hydrogens (tertiary/aromatic N) is 1. The zero-order valence-electron chi connectivity index (χ0n) is 16.2. The minimum Gasteiger partial charge on any atom is -0.495 e. The zero-order chi connectivity index (χ0) is 21.1. The van der Waals surface area contributed by atoms with Gasteiger partial charge in [-0.1, -0.05) is 23.7 Å². The molecule has 3 amide bonds. The molecule has 1 heterocycles. The molecule has 0 atom stereocenters. The van der Waals surface area contributed by atoms with Crippen molar-refractivity contribution in [2.24, 2.45) is 0 Å². The number of carbonyl (C=O) groups is 3. The summed E-state index contributed by atoms with van der Waals surface area (Å²) in [6.45, 7) is 3.40. The first-order valence-electron chi connectivity index (χ1n) is 8.94. The van der Waals surface area contributed by atoms with E-state index in [1.165, 1.54) is 18.9 Å². The van der Waals surface area contributed by atoms with Crippen LogP contribution in [0.2, 0.25) is 5.02 Å². The highest BCUT2D eigenvalue weighted by Gasteiger charge is 2.38. The second kappa shape index (κ2) is 8.36. The molecule has 0 bridgehead atoms. The van der Waals surface area contributed by atoms with E-state index in [4.69, 9.17) is 16.3 Å². The lowest BCUT2D eigenvalue weighted by Crippen LogP contribution is -2.32. The van der Waals surface area contributed by atoms with Crippen LogP contribution in [0, 0.1) is 0 Å². The van der Waals surface area contributed by atoms with Crippen molar-refractivity contribution in [2.45, 2.75) is 13.8 Å². The summed E-state index contributed by atoms with van der Waals surface area (Å²) in [7, 11) is 1.51. The quantitative estimate of drug-likeness (QED) is 0.707. The molecule has 0 radical (unpaired) electrons. The first kappa shape index (κ1) is 20.4. The van der Waals surface area contributed by atoms with Crippen LogP contribution in [0.5, 0.6) is 5.75 Å². The number of nitrogens with one attached hydrogen (secondary N) is 2. The largest absolute Gasteiger partial charge is 0.495 e. The molecule has 150 valence electrons. The molecule has 2 N–H and O–H groups in total. The average molecular weight is 414 g/mol. The van der Waals surface area contributed by atoms with E-state index in [1.807, 2.05) is 0 Å². The molecule has 0 aliphatic carbocycles. The van der Waals surface area contributed by atoms with Crippen LogP contribution in [0.1, 0.15) is 19.4 Å². The van der Waals surface area contributed by atoms with E-state index < -0.39 is 5.91 Å². The van der Waals surface area contributed by atoms with Gasteiger partial charge < -0.3 is 15.4 Å². The summed E-state index contributed by atoms with van der Waals surface area (Å²) in [5, 5.41) is 6.08. The first-order valence-corrected chi connectivity index (χ1v) is 9.32. The molecule has 7 nitrogen and oxygen atoms in total. The third-order valence-corrected chi connectivity index (χ3v) is 4.69. The summed E-state index contributed by atoms with van der Waals surface area (Å²) in [4.78, 5) is 38.1. The standard InChI is InChI=1S/C21H20ClN3O4/c1-4-25-20(27)18(13-5-7-14(8-6-13)23-12(2)26)19(21(25)28)24-15-9-10-17(29-3)16(22)11-15/h5-11,24H,4H2,1-3H3,(H,23,26). The number of carbonyl (C=O) groups excluding carboxylic acids is 3. The van der Waals surface area contributed by atoms with Crippen molar-refractivity contribution < 1.29 is 19.1 Å². The summed E-state index contributed by atoms with van der Waals surface area (Å²) in [5.74, 6) is -0.485. The highest BCUT2D eigenvalue weighted by molar-refractivity contribution is 6.36. The van der Waals surface area contributed by atoms with Gasteiger partial charge in [-0.25, -0.2) is 0 Å². The predicted octanol–water partition coefficient (Wildman–Crippen LogP) is 3.52. The summed E-state index contributed by atoms with van der Waals surface area (Å²) in [6, 6.07) is 11.7. The lowest BCUT2D eigenvalue weighted by Gasteiger charge is -2.12. The van der Waals surface area contributed by atoms with Gasteiger partial charge in [0, 0.05) is 24.8 Å². The molecule has 1 aliphatic rings. The number of hydrogen-bond acceptors (Lipinski definition) is 5. The first-order chi connectivity index (χ1) is 13.8. The van der Waals surface area contributed by atoms with Gasteiger partial charge in [0.25, 0.3) is 11.8 Å². The topological polar surface area (TPSA) is 87.7 Å². The number of ether oxygens (including phenoxy) is 1. The van der Waals surface area contributed by atoms with Crippen LogP contribution >= 0.6 is 11.6 Å². The van der Waals surface area contributed by atoms with Crippen molar-refractivity contribution in [2.75, 3.05) is 24.3 Å². The van der Waals surface area contributed by atoms with Gasteiger partial charge >= 0.3 is 0 Å². The van der Waals surface area contributed by atoms with E-state index >= 15 is 0 Å². The number of benzene rings is 2. The third-order valence-electron chi connectivity index (χ3n) is 4.40. The van der Waals surface area contributed by atoms with Gasteiger partial charge in [0.05, 0.1) is 17.7 Å². The minimum atomic E-state index is -0.412. The second-order valence-corrected chi connectivity index (χ2v) is 6.74. The molecule has 0 aromatic heterocycles. The molecule has 0 unspecified atom stereocenters. The zero-order valence-corrected chi connectivity index (χ0v) is 17.0. The van der Waals surface area contributed by atoms with Crippen molar-refractivity contribution >= 4 is 46.3 Å². The number of hydrogen-bond donors (Lipinski definition) is 2. The number of halogens is 1. The molecular weight excluding hydrogens is 394 g/mol. The molecule has 1 aliphatic heterocycles. The maximum absolute atomic E-state index is 12.9. The average Bonchev–Trinajstić information content (AvgIpc) is 2.91. The minimum absolute atomic E-state index is 0.172. The van der Waals surface area contributed by atoms with E-state index in [9.17, 15) is 14.4 Å². The van der Waals surface area contributed by atoms with Crippen LogP contribution in [-0.2, 0) is 14.4 Å². The van der Waals surface area contributed by atoms with Gasteiger partial charge in [-0.2, -0.15) is 0 Å². The normalized spacial score (nSPS) is 13.7. The molecule has 0 saturated carbocycles. The fraction of sp³-hybridized carbons (Fsp3) is 0.190. The monoisotopic (exact) mass is 413 g/mol. The molecule has 8 heteroatoms. The van der Waals surface area contributed by atoms with E-state index in [-0.39, 0.29) is 29.6 Å². The Kier molecular flexibility index (Phi) is 5.89. The Morgan fingerprint density at radius 3 is 2.28 bits per heavy atom. The highest BCUT2D eigenvalue weighted by Crippen LogP contribution is 2.33. The number of amides is 3. The van der Waals surface area contributed by atoms with E-state index in [2.05, 4.69) is 10.6 Å². The number of anilines is 2. The van der Waals surface area contributed by atoms with Crippen LogP contribution < -0.4 is 15.4 Å². The molecule has 2 aromatic carbocycles. The highest BCUT2D eigenvalue weighted by atomic mass is 35.5. The van der Waals surface area contributed by atoms with Crippen LogP contribution in [0.3, 0.4) is 0 Å². The van der Waals surface area contributed by atoms with Crippen LogP contribution in [-0.4, -0.2) is 36.3 Å². The van der Waals surface area contributed by atoms with Gasteiger partial charge in [0.2, 0.25) is 5.91 Å². The lowest BCUT2D eigenvalue weighted by molar-refractivity contribution is -0.136. The van der Waals surface area contributed by atoms with E-state index in [0.717, 1.165) is 0 Å². The molecule has 0 fully saturated rings. The fourth-order valence-electron chi connectivity index (χ4n) is 3.06. The summed E-state index contributed by atoms with van der Waals surface area (Å²) in [6.07, 6.45) is 0. The van der Waals surface area contributed by atoms with E-state index in [0.29, 0.717) is 27.7 Å². The van der Waals surface area contributed by atoms with Gasteiger partial charge in [0.15, 0.2) is 0 Å². The van der Waals surface area contributed by atoms with Gasteiger partial charge in [-0.3, -0.25) is 19.3 Å². The number of imide groups is 1. The lowest BCUT2D eigenvalue weighted by atomic mass is 10.0. The SMILES string of the molecule is CCN1C(=O)C(Nc2ccc(OC)c(Cl)c2)=C(c2ccc(NC(C)=O)cc2)C1=O. The Bertz CT molecular complexity index is 1020. The number of likely N-dealkylation sites (N-methyl/N-ethyl adjacent to an activating group) is 1. The Balaban J connectivity index is 2.02. The maximum atomic E-state index is 12.9. The molecule has 29 heavy (non-hydrogen) atoms. The van der Waals surface area contributed by atoms with Crippen LogP contribution in [0.15, 0.2) is 48.2 Å². The van der Waals surface area contributed by atoms with Gasteiger partial charge in [-0.15, -0.1) is 0 Å². The van der Waals surface area contributed by atoms with Crippen molar-refractivity contribution in [3.8, 4) is 5.75 Å². The fourth-order valence-corrected chi connectivity index (χ4v) is 3.32. The van der Waals surface area contributed by atoms with E-state index in [1.54, 1.807) is 49.4 Å². The predicted molar refractivity (Wildman–Crippen MR) is 112 cm³/mol. The second-order valence-electron chi connectivity index (χ2n) is 6.34. The Hall–Kier alpha value is -3.32. The summed E-state index contributed by atoms with van der Waals surface area (Å²) < 4.78 is 5.14. The van der Waals surface area contributed by atoms with Crippen molar-refractivity contribution in [3.05, 3.63) is 58.7 Å². The Labute approximate surface area is 173 Å². The molecule has 0 spiro atoms. The van der Waals surface area contributed by atoms with Crippen molar-refractivity contribution in [3.63, 3.8) is 0 Å². The number of methoxy groups -OCH3 is 1. The molecule has 3 rings (SSSR count).